The summed E-state index contributed by atoms with van der Waals surface area (Å²) in [6, 6.07) is 8.08. The topological polar surface area (TPSA) is 95.6 Å². The predicted octanol–water partition coefficient (Wildman–Crippen LogP) is 3.34. The largest absolute Gasteiger partial charge is 0.471 e. The smallest absolute Gasteiger partial charge is 0.345 e. The molecule has 2 amide bonds. The van der Waals surface area contributed by atoms with Crippen molar-refractivity contribution < 1.29 is 31.2 Å². The van der Waals surface area contributed by atoms with Crippen LogP contribution in [-0.2, 0) is 14.8 Å². The molecule has 7 nitrogen and oxygen atoms in total. The summed E-state index contributed by atoms with van der Waals surface area (Å²) in [5, 5.41) is 1.65. The van der Waals surface area contributed by atoms with Crippen LogP contribution in [0.2, 0.25) is 5.02 Å². The van der Waals surface area contributed by atoms with E-state index in [0.717, 1.165) is 24.3 Å². The molecule has 0 aliphatic carbocycles. The molecule has 0 saturated carbocycles. The van der Waals surface area contributed by atoms with E-state index in [1.165, 1.54) is 37.2 Å². The summed E-state index contributed by atoms with van der Waals surface area (Å²) in [5.41, 5.74) is -0.0842. The number of sulfonamides is 1. The van der Waals surface area contributed by atoms with Gasteiger partial charge in [0.15, 0.2) is 0 Å². The molecular weight excluding hydrogens is 435 g/mol. The second-order valence-electron chi connectivity index (χ2n) is 5.98. The molecule has 2 rings (SSSR count). The highest BCUT2D eigenvalue weighted by Crippen LogP contribution is 2.27. The fraction of sp³-hybridized carbons (Fsp3) is 0.176. The predicted molar refractivity (Wildman–Crippen MR) is 101 cm³/mol. The van der Waals surface area contributed by atoms with Crippen LogP contribution in [0.25, 0.3) is 0 Å². The lowest BCUT2D eigenvalue weighted by molar-refractivity contribution is -0.167. The lowest BCUT2D eigenvalue weighted by Gasteiger charge is -2.14. The van der Waals surface area contributed by atoms with Crippen LogP contribution in [0.15, 0.2) is 47.4 Å². The minimum atomic E-state index is -5.07. The number of hydrogen-bond donors (Lipinski definition) is 2. The van der Waals surface area contributed by atoms with Gasteiger partial charge in [-0.1, -0.05) is 11.6 Å². The summed E-state index contributed by atoms with van der Waals surface area (Å²) in [6.45, 7) is 0. The number of rotatable bonds is 5. The van der Waals surface area contributed by atoms with Crippen LogP contribution >= 0.6 is 11.6 Å². The molecule has 0 fully saturated rings. The first-order valence-electron chi connectivity index (χ1n) is 7.83. The van der Waals surface area contributed by atoms with Gasteiger partial charge in [0, 0.05) is 25.3 Å². The van der Waals surface area contributed by atoms with Gasteiger partial charge in [-0.15, -0.1) is 0 Å². The minimum Gasteiger partial charge on any atom is -0.345 e. The normalized spacial score (nSPS) is 11.7. The molecule has 2 aromatic rings. The van der Waals surface area contributed by atoms with Crippen molar-refractivity contribution in [1.29, 1.82) is 0 Å². The second kappa shape index (κ2) is 8.29. The minimum absolute atomic E-state index is 0.0398. The molecule has 0 aromatic heterocycles. The van der Waals surface area contributed by atoms with Crippen molar-refractivity contribution in [3.63, 3.8) is 0 Å². The van der Waals surface area contributed by atoms with Crippen molar-refractivity contribution in [2.45, 2.75) is 11.1 Å². The number of alkyl halides is 3. The number of carbonyl (C=O) groups excluding carboxylic acids is 2. The SMILES string of the molecule is CN(C)C(=O)c1ccc(Cl)c(NS(=O)(=O)c2ccc(NC(=O)C(F)(F)F)cc2)c1. The van der Waals surface area contributed by atoms with Gasteiger partial charge in [-0.05, 0) is 42.5 Å². The molecule has 2 N–H and O–H groups in total. The van der Waals surface area contributed by atoms with Crippen LogP contribution in [0, 0.1) is 0 Å². The number of hydrogen-bond acceptors (Lipinski definition) is 4. The Kier molecular flexibility index (Phi) is 6.43. The van der Waals surface area contributed by atoms with Gasteiger partial charge in [0.2, 0.25) is 0 Å². The highest BCUT2D eigenvalue weighted by atomic mass is 35.5. The van der Waals surface area contributed by atoms with Gasteiger partial charge in [-0.3, -0.25) is 14.3 Å². The van der Waals surface area contributed by atoms with Crippen LogP contribution in [0.5, 0.6) is 0 Å². The first-order chi connectivity index (χ1) is 13.3. The van der Waals surface area contributed by atoms with Gasteiger partial charge < -0.3 is 10.2 Å². The molecule has 0 aliphatic heterocycles. The molecule has 0 bridgehead atoms. The Labute approximate surface area is 169 Å². The first kappa shape index (κ1) is 22.5. The van der Waals surface area contributed by atoms with Gasteiger partial charge in [0.25, 0.3) is 15.9 Å². The Hall–Kier alpha value is -2.79. The maximum absolute atomic E-state index is 12.5. The number of benzene rings is 2. The summed E-state index contributed by atoms with van der Waals surface area (Å²) >= 11 is 5.99. The zero-order valence-electron chi connectivity index (χ0n) is 15.0. The molecular formula is C17H15ClF3N3O4S. The highest BCUT2D eigenvalue weighted by molar-refractivity contribution is 7.92. The van der Waals surface area contributed by atoms with Crippen LogP contribution in [0.3, 0.4) is 0 Å². The monoisotopic (exact) mass is 449 g/mol. The maximum Gasteiger partial charge on any atom is 0.471 e. The fourth-order valence-electron chi connectivity index (χ4n) is 2.12. The number of nitrogens with zero attached hydrogens (tertiary/aromatic N) is 1. The Balaban J connectivity index is 2.25. The van der Waals surface area contributed by atoms with Crippen molar-refractivity contribution in [2.24, 2.45) is 0 Å². The van der Waals surface area contributed by atoms with E-state index in [2.05, 4.69) is 4.72 Å². The van der Waals surface area contributed by atoms with Crippen molar-refractivity contribution in [2.75, 3.05) is 24.1 Å². The zero-order chi connectivity index (χ0) is 22.0. The third-order valence-corrected chi connectivity index (χ3v) is 5.25. The standard InChI is InChI=1S/C17H15ClF3N3O4S/c1-24(2)15(25)10-3-8-13(18)14(9-10)23-29(27,28)12-6-4-11(5-7-12)22-16(26)17(19,20)21/h3-9,23H,1-2H3,(H,22,26). The summed E-state index contributed by atoms with van der Waals surface area (Å²) in [5.74, 6) is -2.55. The van der Waals surface area contributed by atoms with E-state index in [4.69, 9.17) is 11.6 Å². The summed E-state index contributed by atoms with van der Waals surface area (Å²) in [7, 11) is -1.11. The number of halogens is 4. The molecule has 0 atom stereocenters. The third kappa shape index (κ3) is 5.61. The third-order valence-electron chi connectivity index (χ3n) is 3.54. The fourth-order valence-corrected chi connectivity index (χ4v) is 3.41. The quantitative estimate of drug-likeness (QED) is 0.731. The van der Waals surface area contributed by atoms with Gasteiger partial charge in [0.05, 0.1) is 15.6 Å². The lowest BCUT2D eigenvalue weighted by Crippen LogP contribution is -2.29. The number of amides is 2. The summed E-state index contributed by atoms with van der Waals surface area (Å²) in [6.07, 6.45) is -5.07. The van der Waals surface area contributed by atoms with E-state index < -0.39 is 22.1 Å². The maximum atomic E-state index is 12.5. The summed E-state index contributed by atoms with van der Waals surface area (Å²) in [4.78, 5) is 24.0. The zero-order valence-corrected chi connectivity index (χ0v) is 16.6. The van der Waals surface area contributed by atoms with Gasteiger partial charge in [-0.2, -0.15) is 13.2 Å². The van der Waals surface area contributed by atoms with Gasteiger partial charge >= 0.3 is 12.1 Å². The molecule has 0 unspecified atom stereocenters. The van der Waals surface area contributed by atoms with E-state index in [1.807, 2.05) is 0 Å². The second-order valence-corrected chi connectivity index (χ2v) is 8.07. The van der Waals surface area contributed by atoms with Gasteiger partial charge in [-0.25, -0.2) is 8.42 Å². The lowest BCUT2D eigenvalue weighted by atomic mass is 10.2. The van der Waals surface area contributed by atoms with Crippen LogP contribution < -0.4 is 10.0 Å². The Morgan fingerprint density at radius 3 is 2.14 bits per heavy atom. The van der Waals surface area contributed by atoms with E-state index in [0.29, 0.717) is 0 Å². The molecule has 0 aliphatic rings. The number of carbonyl (C=O) groups is 2. The molecule has 156 valence electrons. The van der Waals surface area contributed by atoms with Crippen molar-refractivity contribution in [1.82, 2.24) is 4.90 Å². The van der Waals surface area contributed by atoms with E-state index in [1.54, 1.807) is 5.32 Å². The van der Waals surface area contributed by atoms with Crippen LogP contribution in [0.4, 0.5) is 24.5 Å². The average Bonchev–Trinajstić information content (AvgIpc) is 2.62. The molecule has 0 spiro atoms. The average molecular weight is 450 g/mol. The van der Waals surface area contributed by atoms with Crippen LogP contribution in [0.1, 0.15) is 10.4 Å². The van der Waals surface area contributed by atoms with E-state index in [-0.39, 0.29) is 32.8 Å². The number of anilines is 2. The van der Waals surface area contributed by atoms with E-state index >= 15 is 0 Å². The molecule has 29 heavy (non-hydrogen) atoms. The van der Waals surface area contributed by atoms with Crippen molar-refractivity contribution in [3.05, 3.63) is 53.1 Å². The molecule has 0 radical (unpaired) electrons. The Bertz CT molecular complexity index is 1040. The Morgan fingerprint density at radius 2 is 1.62 bits per heavy atom. The van der Waals surface area contributed by atoms with Crippen LogP contribution in [-0.4, -0.2) is 45.4 Å². The Morgan fingerprint density at radius 1 is 1.03 bits per heavy atom. The summed E-state index contributed by atoms with van der Waals surface area (Å²) < 4.78 is 64.1. The van der Waals surface area contributed by atoms with Crippen molar-refractivity contribution in [3.8, 4) is 0 Å². The van der Waals surface area contributed by atoms with Gasteiger partial charge in [0.1, 0.15) is 0 Å². The van der Waals surface area contributed by atoms with E-state index in [9.17, 15) is 31.2 Å². The van der Waals surface area contributed by atoms with Crippen molar-refractivity contribution >= 4 is 44.8 Å². The molecule has 0 saturated heterocycles. The molecule has 12 heteroatoms. The molecule has 2 aromatic carbocycles. The first-order valence-corrected chi connectivity index (χ1v) is 9.69. The number of nitrogens with one attached hydrogen (secondary N) is 2. The molecule has 0 heterocycles. The highest BCUT2D eigenvalue weighted by Gasteiger charge is 2.38.